The Morgan fingerprint density at radius 1 is 1.08 bits per heavy atom. The van der Waals surface area contributed by atoms with E-state index in [1.807, 2.05) is 13.8 Å². The molecule has 0 radical (unpaired) electrons. The quantitative estimate of drug-likeness (QED) is 0.450. The second kappa shape index (κ2) is 12.0. The lowest BCUT2D eigenvalue weighted by molar-refractivity contribution is -0.144. The van der Waals surface area contributed by atoms with Gasteiger partial charge in [0.1, 0.15) is 0 Å². The van der Waals surface area contributed by atoms with Gasteiger partial charge in [0, 0.05) is 13.0 Å². The molecule has 0 aliphatic carbocycles. The molecule has 0 spiro atoms. The molecule has 2 amide bonds. The summed E-state index contributed by atoms with van der Waals surface area (Å²) < 4.78 is 4.90. The van der Waals surface area contributed by atoms with Gasteiger partial charge in [0.15, 0.2) is 5.11 Å². The van der Waals surface area contributed by atoms with E-state index in [2.05, 4.69) is 16.0 Å². The van der Waals surface area contributed by atoms with Crippen molar-refractivity contribution >= 4 is 40.8 Å². The predicted molar refractivity (Wildman–Crippen MR) is 104 cm³/mol. The first-order valence-corrected chi connectivity index (χ1v) is 9.02. The van der Waals surface area contributed by atoms with Crippen LogP contribution >= 0.6 is 12.2 Å². The van der Waals surface area contributed by atoms with E-state index in [0.29, 0.717) is 24.4 Å². The molecule has 0 aromatic heterocycles. The minimum atomic E-state index is -0.418. The van der Waals surface area contributed by atoms with Crippen LogP contribution in [0.3, 0.4) is 0 Å². The second-order valence-corrected chi connectivity index (χ2v) is 5.93. The topological polar surface area (TPSA) is 96.5 Å². The van der Waals surface area contributed by atoms with E-state index in [1.54, 1.807) is 24.3 Å². The molecule has 0 atom stereocenters. The van der Waals surface area contributed by atoms with Crippen molar-refractivity contribution in [2.24, 2.45) is 0 Å². The summed E-state index contributed by atoms with van der Waals surface area (Å²) >= 11 is 5.10. The number of anilines is 1. The van der Waals surface area contributed by atoms with Crippen molar-refractivity contribution in [3.05, 3.63) is 29.8 Å². The van der Waals surface area contributed by atoms with Crippen molar-refractivity contribution in [2.75, 3.05) is 18.5 Å². The maximum Gasteiger partial charge on any atom is 0.306 e. The zero-order chi connectivity index (χ0) is 19.4. The van der Waals surface area contributed by atoms with Gasteiger partial charge in [-0.3, -0.25) is 14.4 Å². The molecule has 1 aromatic rings. The number of esters is 1. The zero-order valence-electron chi connectivity index (χ0n) is 15.1. The summed E-state index contributed by atoms with van der Waals surface area (Å²) in [5, 5.41) is 8.19. The molecular weight excluding hydrogens is 354 g/mol. The fourth-order valence-corrected chi connectivity index (χ4v) is 2.19. The Morgan fingerprint density at radius 2 is 1.81 bits per heavy atom. The normalized spacial score (nSPS) is 9.92. The van der Waals surface area contributed by atoms with Crippen molar-refractivity contribution in [2.45, 2.75) is 39.5 Å². The molecule has 0 saturated heterocycles. The molecular formula is C18H25N3O4S. The number of benzene rings is 1. The summed E-state index contributed by atoms with van der Waals surface area (Å²) in [6, 6.07) is 6.87. The van der Waals surface area contributed by atoms with Crippen molar-refractivity contribution in [1.29, 1.82) is 0 Å². The molecule has 142 valence electrons. The molecule has 3 N–H and O–H groups in total. The number of thiocarbonyl (C=S) groups is 1. The van der Waals surface area contributed by atoms with Crippen LogP contribution in [0.1, 0.15) is 49.9 Å². The van der Waals surface area contributed by atoms with Crippen molar-refractivity contribution in [1.82, 2.24) is 10.6 Å². The first kappa shape index (κ1) is 21.6. The van der Waals surface area contributed by atoms with Gasteiger partial charge in [-0.1, -0.05) is 26.0 Å². The van der Waals surface area contributed by atoms with Crippen LogP contribution in [0.15, 0.2) is 24.3 Å². The molecule has 1 rings (SSSR count). The Morgan fingerprint density at radius 3 is 2.50 bits per heavy atom. The average molecular weight is 379 g/mol. The molecule has 26 heavy (non-hydrogen) atoms. The van der Waals surface area contributed by atoms with E-state index in [1.165, 1.54) is 0 Å². The number of para-hydroxylation sites is 1. The van der Waals surface area contributed by atoms with Crippen molar-refractivity contribution in [3.63, 3.8) is 0 Å². The molecule has 0 saturated carbocycles. The minimum Gasteiger partial charge on any atom is -0.466 e. The van der Waals surface area contributed by atoms with E-state index in [4.69, 9.17) is 17.0 Å². The molecule has 0 aliphatic rings. The highest BCUT2D eigenvalue weighted by Gasteiger charge is 2.13. The van der Waals surface area contributed by atoms with Crippen LogP contribution < -0.4 is 16.0 Å². The van der Waals surface area contributed by atoms with Gasteiger partial charge in [0.2, 0.25) is 5.91 Å². The largest absolute Gasteiger partial charge is 0.466 e. The number of hydrogen-bond donors (Lipinski definition) is 3. The summed E-state index contributed by atoms with van der Waals surface area (Å²) in [6.45, 7) is 4.78. The van der Waals surface area contributed by atoms with Crippen LogP contribution in [0.2, 0.25) is 0 Å². The fraction of sp³-hybridized carbons (Fsp3) is 0.444. The number of amides is 2. The van der Waals surface area contributed by atoms with Gasteiger partial charge in [0.05, 0.1) is 24.3 Å². The maximum absolute atomic E-state index is 12.2. The number of carbonyl (C=O) groups is 3. The smallest absolute Gasteiger partial charge is 0.306 e. The van der Waals surface area contributed by atoms with Gasteiger partial charge < -0.3 is 20.7 Å². The van der Waals surface area contributed by atoms with Gasteiger partial charge in [-0.15, -0.1) is 0 Å². The maximum atomic E-state index is 12.2. The van der Waals surface area contributed by atoms with Crippen LogP contribution in [-0.2, 0) is 14.3 Å². The van der Waals surface area contributed by atoms with Crippen LogP contribution in [0.25, 0.3) is 0 Å². The summed E-state index contributed by atoms with van der Waals surface area (Å²) in [4.78, 5) is 35.4. The Hall–Kier alpha value is -2.48. The molecule has 0 bridgehead atoms. The minimum absolute atomic E-state index is 0.00947. The highest BCUT2D eigenvalue weighted by Crippen LogP contribution is 2.14. The standard InChI is InChI=1S/C18H25N3O4S/c1-3-11-19-17(24)13-7-5-6-8-14(13)20-18(26)21-15(22)9-10-16(23)25-12-4-2/h5-8H,3-4,9-12H2,1-2H3,(H,19,24)(H2,20,21,22,26). The number of carbonyl (C=O) groups excluding carboxylic acids is 3. The second-order valence-electron chi connectivity index (χ2n) is 5.52. The molecule has 0 aliphatic heterocycles. The van der Waals surface area contributed by atoms with Gasteiger partial charge >= 0.3 is 5.97 Å². The van der Waals surface area contributed by atoms with E-state index in [9.17, 15) is 14.4 Å². The monoisotopic (exact) mass is 379 g/mol. The van der Waals surface area contributed by atoms with E-state index >= 15 is 0 Å². The molecule has 0 unspecified atom stereocenters. The summed E-state index contributed by atoms with van der Waals surface area (Å²) in [5.74, 6) is -1.04. The fourth-order valence-electron chi connectivity index (χ4n) is 1.97. The predicted octanol–water partition coefficient (Wildman–Crippen LogP) is 2.37. The van der Waals surface area contributed by atoms with Crippen LogP contribution in [-0.4, -0.2) is 36.0 Å². The highest BCUT2D eigenvalue weighted by atomic mass is 32.1. The first-order valence-electron chi connectivity index (χ1n) is 8.61. The first-order chi connectivity index (χ1) is 12.5. The SMILES string of the molecule is CCCNC(=O)c1ccccc1NC(=S)NC(=O)CCC(=O)OCCC. The molecule has 7 nitrogen and oxygen atoms in total. The Labute approximate surface area is 158 Å². The van der Waals surface area contributed by atoms with E-state index in [-0.39, 0.29) is 23.9 Å². The third-order valence-corrected chi connectivity index (χ3v) is 3.44. The number of hydrogen-bond acceptors (Lipinski definition) is 5. The molecule has 1 aromatic carbocycles. The van der Waals surface area contributed by atoms with Gasteiger partial charge in [0.25, 0.3) is 5.91 Å². The lowest BCUT2D eigenvalue weighted by atomic mass is 10.1. The third-order valence-electron chi connectivity index (χ3n) is 3.23. The lowest BCUT2D eigenvalue weighted by Gasteiger charge is -2.13. The summed E-state index contributed by atoms with van der Waals surface area (Å²) in [6.07, 6.45) is 1.53. The summed E-state index contributed by atoms with van der Waals surface area (Å²) in [7, 11) is 0. The van der Waals surface area contributed by atoms with E-state index < -0.39 is 11.9 Å². The number of ether oxygens (including phenoxy) is 1. The molecule has 8 heteroatoms. The van der Waals surface area contributed by atoms with Crippen LogP contribution in [0, 0.1) is 0 Å². The average Bonchev–Trinajstić information content (AvgIpc) is 2.63. The van der Waals surface area contributed by atoms with Gasteiger partial charge in [-0.25, -0.2) is 0 Å². The van der Waals surface area contributed by atoms with Crippen molar-refractivity contribution < 1.29 is 19.1 Å². The number of rotatable bonds is 9. The lowest BCUT2D eigenvalue weighted by Crippen LogP contribution is -2.35. The van der Waals surface area contributed by atoms with Crippen molar-refractivity contribution in [3.8, 4) is 0 Å². The Kier molecular flexibility index (Phi) is 9.93. The Balaban J connectivity index is 2.53. The summed E-state index contributed by atoms with van der Waals surface area (Å²) in [5.41, 5.74) is 0.925. The van der Waals surface area contributed by atoms with Crippen LogP contribution in [0.4, 0.5) is 5.69 Å². The molecule has 0 heterocycles. The third kappa shape index (κ3) is 8.06. The van der Waals surface area contributed by atoms with Gasteiger partial charge in [-0.05, 0) is 37.2 Å². The van der Waals surface area contributed by atoms with Gasteiger partial charge in [-0.2, -0.15) is 0 Å². The Bertz CT molecular complexity index is 649. The molecule has 0 fully saturated rings. The highest BCUT2D eigenvalue weighted by molar-refractivity contribution is 7.80. The van der Waals surface area contributed by atoms with Crippen LogP contribution in [0.5, 0.6) is 0 Å². The zero-order valence-corrected chi connectivity index (χ0v) is 15.9. The number of nitrogens with one attached hydrogen (secondary N) is 3. The van der Waals surface area contributed by atoms with E-state index in [0.717, 1.165) is 12.8 Å².